The molecule has 0 aliphatic heterocycles. The third kappa shape index (κ3) is 7.32. The summed E-state index contributed by atoms with van der Waals surface area (Å²) in [6.45, 7) is 9.26. The summed E-state index contributed by atoms with van der Waals surface area (Å²) >= 11 is 0. The van der Waals surface area contributed by atoms with Crippen molar-refractivity contribution >= 4 is 18.0 Å². The van der Waals surface area contributed by atoms with E-state index in [2.05, 4.69) is 5.32 Å². The molecule has 2 N–H and O–H groups in total. The Morgan fingerprint density at radius 3 is 2.08 bits per heavy atom. The molecule has 1 saturated carbocycles. The molecule has 1 rings (SSSR count). The number of carbonyl (C=O) groups excluding carboxylic acids is 2. The SMILES string of the molecule is CC(C)C(OC(=O)NCC1CCC(C(=O)O)CC1)OC(=O)C(C)(C)C. The van der Waals surface area contributed by atoms with E-state index in [0.29, 0.717) is 19.4 Å². The van der Waals surface area contributed by atoms with Crippen LogP contribution in [-0.4, -0.2) is 36.0 Å². The lowest BCUT2D eigenvalue weighted by molar-refractivity contribution is -0.184. The van der Waals surface area contributed by atoms with E-state index < -0.39 is 29.7 Å². The number of carbonyl (C=O) groups is 3. The number of esters is 1. The topological polar surface area (TPSA) is 102 Å². The van der Waals surface area contributed by atoms with Crippen LogP contribution in [0.4, 0.5) is 4.79 Å². The van der Waals surface area contributed by atoms with Crippen LogP contribution in [0.5, 0.6) is 0 Å². The van der Waals surface area contributed by atoms with E-state index >= 15 is 0 Å². The van der Waals surface area contributed by atoms with Gasteiger partial charge in [-0.1, -0.05) is 13.8 Å². The van der Waals surface area contributed by atoms with Gasteiger partial charge in [0.05, 0.1) is 11.3 Å². The number of alkyl carbamates (subject to hydrolysis) is 1. The van der Waals surface area contributed by atoms with Crippen molar-refractivity contribution in [3.05, 3.63) is 0 Å². The van der Waals surface area contributed by atoms with Crippen LogP contribution in [0.2, 0.25) is 0 Å². The lowest BCUT2D eigenvalue weighted by Gasteiger charge is -2.27. The second kappa shape index (κ2) is 9.06. The molecule has 144 valence electrons. The quantitative estimate of drug-likeness (QED) is 0.559. The van der Waals surface area contributed by atoms with Crippen molar-refractivity contribution < 1.29 is 29.0 Å². The number of hydrogen-bond acceptors (Lipinski definition) is 5. The lowest BCUT2D eigenvalue weighted by atomic mass is 9.82. The Morgan fingerprint density at radius 2 is 1.64 bits per heavy atom. The number of amides is 1. The summed E-state index contributed by atoms with van der Waals surface area (Å²) in [4.78, 5) is 34.9. The van der Waals surface area contributed by atoms with Gasteiger partial charge in [-0.2, -0.15) is 0 Å². The van der Waals surface area contributed by atoms with Crippen LogP contribution in [0.1, 0.15) is 60.3 Å². The maximum atomic E-state index is 12.0. The summed E-state index contributed by atoms with van der Waals surface area (Å²) in [6, 6.07) is 0. The van der Waals surface area contributed by atoms with Crippen LogP contribution in [0, 0.1) is 23.2 Å². The Hall–Kier alpha value is -1.79. The van der Waals surface area contributed by atoms with Crippen LogP contribution in [0.25, 0.3) is 0 Å². The molecule has 7 heteroatoms. The number of rotatable bonds is 6. The molecule has 0 spiro atoms. The predicted octanol–water partition coefficient (Wildman–Crippen LogP) is 3.18. The summed E-state index contributed by atoms with van der Waals surface area (Å²) in [5.41, 5.74) is -0.671. The van der Waals surface area contributed by atoms with Gasteiger partial charge in [-0.25, -0.2) is 4.79 Å². The van der Waals surface area contributed by atoms with Gasteiger partial charge in [-0.15, -0.1) is 0 Å². The zero-order valence-corrected chi connectivity index (χ0v) is 15.8. The lowest BCUT2D eigenvalue weighted by Crippen LogP contribution is -2.39. The fraction of sp³-hybridized carbons (Fsp3) is 0.833. The minimum atomic E-state index is -0.936. The third-order valence-electron chi connectivity index (χ3n) is 4.33. The van der Waals surface area contributed by atoms with Crippen molar-refractivity contribution in [2.45, 2.75) is 66.6 Å². The van der Waals surface area contributed by atoms with Gasteiger partial charge in [0.1, 0.15) is 0 Å². The molecule has 7 nitrogen and oxygen atoms in total. The molecule has 0 heterocycles. The first kappa shape index (κ1) is 21.3. The normalized spacial score (nSPS) is 22.2. The average molecular weight is 357 g/mol. The monoisotopic (exact) mass is 357 g/mol. The Morgan fingerprint density at radius 1 is 1.08 bits per heavy atom. The predicted molar refractivity (Wildman–Crippen MR) is 91.7 cm³/mol. The van der Waals surface area contributed by atoms with E-state index in [1.54, 1.807) is 34.6 Å². The van der Waals surface area contributed by atoms with Crippen molar-refractivity contribution in [3.63, 3.8) is 0 Å². The second-order valence-electron chi connectivity index (χ2n) is 8.11. The fourth-order valence-corrected chi connectivity index (χ4v) is 2.57. The maximum Gasteiger partial charge on any atom is 0.410 e. The Balaban J connectivity index is 2.41. The molecule has 1 aliphatic rings. The molecule has 0 aromatic rings. The van der Waals surface area contributed by atoms with Gasteiger partial charge in [0.2, 0.25) is 0 Å². The molecule has 1 amide bonds. The smallest absolute Gasteiger partial charge is 0.410 e. The minimum absolute atomic E-state index is 0.164. The summed E-state index contributed by atoms with van der Waals surface area (Å²) in [7, 11) is 0. The summed E-state index contributed by atoms with van der Waals surface area (Å²) in [5.74, 6) is -1.36. The largest absolute Gasteiger partial charge is 0.481 e. The van der Waals surface area contributed by atoms with E-state index in [0.717, 1.165) is 12.8 Å². The first-order valence-corrected chi connectivity index (χ1v) is 8.89. The van der Waals surface area contributed by atoms with Gasteiger partial charge in [0, 0.05) is 12.5 Å². The summed E-state index contributed by atoms with van der Waals surface area (Å²) in [6.07, 6.45) is 1.24. The fourth-order valence-electron chi connectivity index (χ4n) is 2.57. The zero-order valence-electron chi connectivity index (χ0n) is 15.8. The molecule has 0 bridgehead atoms. The van der Waals surface area contributed by atoms with Gasteiger partial charge in [0.15, 0.2) is 0 Å². The van der Waals surface area contributed by atoms with Crippen molar-refractivity contribution in [3.8, 4) is 0 Å². The molecular formula is C18H31NO6. The molecule has 1 fully saturated rings. The van der Waals surface area contributed by atoms with Gasteiger partial charge in [-0.05, 0) is 52.4 Å². The molecule has 0 saturated heterocycles. The summed E-state index contributed by atoms with van der Waals surface area (Å²) < 4.78 is 10.5. The highest BCUT2D eigenvalue weighted by Gasteiger charge is 2.30. The van der Waals surface area contributed by atoms with E-state index in [1.807, 2.05) is 0 Å². The van der Waals surface area contributed by atoms with Crippen molar-refractivity contribution in [1.82, 2.24) is 5.32 Å². The van der Waals surface area contributed by atoms with Gasteiger partial charge in [0.25, 0.3) is 6.29 Å². The minimum Gasteiger partial charge on any atom is -0.481 e. The van der Waals surface area contributed by atoms with Gasteiger partial charge < -0.3 is 19.9 Å². The van der Waals surface area contributed by atoms with Crippen LogP contribution >= 0.6 is 0 Å². The van der Waals surface area contributed by atoms with Crippen molar-refractivity contribution in [2.75, 3.05) is 6.54 Å². The Kier molecular flexibility index (Phi) is 7.70. The van der Waals surface area contributed by atoms with Crippen molar-refractivity contribution in [1.29, 1.82) is 0 Å². The van der Waals surface area contributed by atoms with E-state index in [4.69, 9.17) is 14.6 Å². The first-order chi connectivity index (χ1) is 11.5. The maximum absolute atomic E-state index is 12.0. The number of nitrogens with one attached hydrogen (secondary N) is 1. The molecule has 0 radical (unpaired) electrons. The van der Waals surface area contributed by atoms with E-state index in [-0.39, 0.29) is 17.8 Å². The second-order valence-corrected chi connectivity index (χ2v) is 8.11. The highest BCUT2D eigenvalue weighted by Crippen LogP contribution is 2.28. The number of carboxylic acid groups (broad SMARTS) is 1. The molecule has 0 aromatic carbocycles. The highest BCUT2D eigenvalue weighted by atomic mass is 16.7. The molecule has 1 aliphatic carbocycles. The highest BCUT2D eigenvalue weighted by molar-refractivity contribution is 5.75. The number of aliphatic carboxylic acids is 1. The third-order valence-corrected chi connectivity index (χ3v) is 4.33. The van der Waals surface area contributed by atoms with Crippen LogP contribution < -0.4 is 5.32 Å². The molecule has 1 unspecified atom stereocenters. The molecular weight excluding hydrogens is 326 g/mol. The summed E-state index contributed by atoms with van der Waals surface area (Å²) in [5, 5.41) is 11.7. The molecule has 25 heavy (non-hydrogen) atoms. The van der Waals surface area contributed by atoms with Crippen LogP contribution in [-0.2, 0) is 19.1 Å². The standard InChI is InChI=1S/C18H31NO6/c1-11(2)15(24-16(22)18(3,4)5)25-17(23)19-10-12-6-8-13(9-7-12)14(20)21/h11-13,15H,6-10H2,1-5H3,(H,19,23)(H,20,21). The van der Waals surface area contributed by atoms with Crippen LogP contribution in [0.3, 0.4) is 0 Å². The molecule has 1 atom stereocenters. The number of hydrogen-bond donors (Lipinski definition) is 2. The van der Waals surface area contributed by atoms with E-state index in [1.165, 1.54) is 0 Å². The first-order valence-electron chi connectivity index (χ1n) is 8.89. The number of ether oxygens (including phenoxy) is 2. The average Bonchev–Trinajstić information content (AvgIpc) is 2.51. The van der Waals surface area contributed by atoms with Crippen molar-refractivity contribution in [2.24, 2.45) is 23.2 Å². The van der Waals surface area contributed by atoms with Crippen LogP contribution in [0.15, 0.2) is 0 Å². The Bertz CT molecular complexity index is 474. The van der Waals surface area contributed by atoms with Gasteiger partial charge in [-0.3, -0.25) is 9.59 Å². The Labute approximate surface area is 149 Å². The van der Waals surface area contributed by atoms with E-state index in [9.17, 15) is 14.4 Å². The zero-order chi connectivity index (χ0) is 19.2. The van der Waals surface area contributed by atoms with Gasteiger partial charge >= 0.3 is 18.0 Å². The molecule has 0 aromatic heterocycles. The number of carboxylic acids is 1.